The number of hydrogen-bond donors (Lipinski definition) is 3. The molecule has 0 aliphatic heterocycles. The van der Waals surface area contributed by atoms with Crippen molar-refractivity contribution in [1.82, 2.24) is 10.2 Å². The van der Waals surface area contributed by atoms with Crippen LogP contribution < -0.4 is 11.3 Å². The van der Waals surface area contributed by atoms with Gasteiger partial charge in [-0.05, 0) is 6.07 Å². The highest BCUT2D eigenvalue weighted by atomic mass is 16.4. The summed E-state index contributed by atoms with van der Waals surface area (Å²) in [6.45, 7) is 0. The Kier molecular flexibility index (Phi) is 1.86. The van der Waals surface area contributed by atoms with Gasteiger partial charge in [-0.1, -0.05) is 5.16 Å². The first-order valence-corrected chi connectivity index (χ1v) is 2.77. The summed E-state index contributed by atoms with van der Waals surface area (Å²) < 4.78 is 0. The predicted octanol–water partition coefficient (Wildman–Crippen LogP) is -1.14. The second-order valence-corrected chi connectivity index (χ2v) is 1.78. The van der Waals surface area contributed by atoms with E-state index in [-0.39, 0.29) is 11.4 Å². The molecule has 0 atom stereocenters. The molecule has 0 saturated carbocycles. The van der Waals surface area contributed by atoms with Crippen LogP contribution in [0.15, 0.2) is 22.2 Å². The smallest absolute Gasteiger partial charge is 0.275 e. The van der Waals surface area contributed by atoms with E-state index in [4.69, 9.17) is 10.9 Å². The first kappa shape index (κ1) is 7.26. The SMILES string of the molecule is N/C(=N/O)c1ccn[nH]c1=O. The molecule has 1 heterocycles. The van der Waals surface area contributed by atoms with E-state index in [1.807, 2.05) is 0 Å². The summed E-state index contributed by atoms with van der Waals surface area (Å²) in [6.07, 6.45) is 1.34. The lowest BCUT2D eigenvalue weighted by Crippen LogP contribution is -2.24. The Morgan fingerprint density at radius 3 is 3.09 bits per heavy atom. The maximum Gasteiger partial charge on any atom is 0.275 e. The van der Waals surface area contributed by atoms with E-state index in [1.54, 1.807) is 0 Å². The van der Waals surface area contributed by atoms with Gasteiger partial charge in [0.05, 0.1) is 5.56 Å². The van der Waals surface area contributed by atoms with Crippen LogP contribution in [-0.2, 0) is 0 Å². The zero-order chi connectivity index (χ0) is 8.27. The molecule has 0 radical (unpaired) electrons. The van der Waals surface area contributed by atoms with Crippen molar-refractivity contribution in [2.75, 3.05) is 0 Å². The Morgan fingerprint density at radius 2 is 2.55 bits per heavy atom. The average Bonchev–Trinajstić information content (AvgIpc) is 2.04. The molecular weight excluding hydrogens is 148 g/mol. The van der Waals surface area contributed by atoms with E-state index in [9.17, 15) is 4.79 Å². The largest absolute Gasteiger partial charge is 0.409 e. The minimum atomic E-state index is -0.484. The van der Waals surface area contributed by atoms with Crippen molar-refractivity contribution in [2.45, 2.75) is 0 Å². The van der Waals surface area contributed by atoms with Crippen molar-refractivity contribution in [3.05, 3.63) is 28.2 Å². The Morgan fingerprint density at radius 1 is 1.82 bits per heavy atom. The zero-order valence-electron chi connectivity index (χ0n) is 5.48. The van der Waals surface area contributed by atoms with Crippen LogP contribution in [0.5, 0.6) is 0 Å². The molecule has 0 bridgehead atoms. The van der Waals surface area contributed by atoms with E-state index in [0.717, 1.165) is 0 Å². The number of aromatic amines is 1. The Balaban J connectivity index is 3.25. The van der Waals surface area contributed by atoms with Gasteiger partial charge in [0.15, 0.2) is 5.84 Å². The van der Waals surface area contributed by atoms with Crippen LogP contribution in [0.3, 0.4) is 0 Å². The fraction of sp³-hybridized carbons (Fsp3) is 0. The molecule has 6 nitrogen and oxygen atoms in total. The minimum Gasteiger partial charge on any atom is -0.409 e. The number of oxime groups is 1. The molecule has 0 saturated heterocycles. The second kappa shape index (κ2) is 2.82. The van der Waals surface area contributed by atoms with Gasteiger partial charge in [-0.25, -0.2) is 5.10 Å². The fourth-order valence-corrected chi connectivity index (χ4v) is 0.599. The summed E-state index contributed by atoms with van der Waals surface area (Å²) in [5.41, 5.74) is 4.76. The van der Waals surface area contributed by atoms with E-state index in [0.29, 0.717) is 0 Å². The molecule has 1 aromatic heterocycles. The quantitative estimate of drug-likeness (QED) is 0.206. The van der Waals surface area contributed by atoms with Gasteiger partial charge in [0.25, 0.3) is 5.56 Å². The van der Waals surface area contributed by atoms with Crippen molar-refractivity contribution in [2.24, 2.45) is 10.9 Å². The van der Waals surface area contributed by atoms with Crippen molar-refractivity contribution >= 4 is 5.84 Å². The number of amidine groups is 1. The van der Waals surface area contributed by atoms with Gasteiger partial charge >= 0.3 is 0 Å². The third-order valence-corrected chi connectivity index (χ3v) is 1.11. The van der Waals surface area contributed by atoms with Gasteiger partial charge in [0, 0.05) is 6.20 Å². The first-order chi connectivity index (χ1) is 5.25. The molecular formula is C5H6N4O2. The highest BCUT2D eigenvalue weighted by Gasteiger charge is 2.02. The molecule has 0 spiro atoms. The van der Waals surface area contributed by atoms with Gasteiger partial charge in [-0.3, -0.25) is 4.79 Å². The van der Waals surface area contributed by atoms with Crippen LogP contribution in [-0.4, -0.2) is 21.2 Å². The van der Waals surface area contributed by atoms with Gasteiger partial charge in [0.1, 0.15) is 0 Å². The number of rotatable bonds is 1. The highest BCUT2D eigenvalue weighted by Crippen LogP contribution is 1.84. The lowest BCUT2D eigenvalue weighted by atomic mass is 10.3. The summed E-state index contributed by atoms with van der Waals surface area (Å²) >= 11 is 0. The van der Waals surface area contributed by atoms with Crippen LogP contribution in [0.25, 0.3) is 0 Å². The number of aromatic nitrogens is 2. The van der Waals surface area contributed by atoms with E-state index in [2.05, 4.69) is 15.4 Å². The minimum absolute atomic E-state index is 0.0995. The number of nitrogens with one attached hydrogen (secondary N) is 1. The molecule has 1 aromatic rings. The van der Waals surface area contributed by atoms with Gasteiger partial charge in [-0.2, -0.15) is 5.10 Å². The van der Waals surface area contributed by atoms with E-state index >= 15 is 0 Å². The summed E-state index contributed by atoms with van der Waals surface area (Å²) in [6, 6.07) is 1.36. The Labute approximate surface area is 61.3 Å². The zero-order valence-corrected chi connectivity index (χ0v) is 5.48. The number of nitrogens with zero attached hydrogens (tertiary/aromatic N) is 2. The first-order valence-electron chi connectivity index (χ1n) is 2.77. The molecule has 0 fully saturated rings. The van der Waals surface area contributed by atoms with Crippen LogP contribution in [0.4, 0.5) is 0 Å². The van der Waals surface area contributed by atoms with E-state index in [1.165, 1.54) is 12.3 Å². The molecule has 0 aliphatic rings. The Hall–Kier alpha value is -1.85. The molecule has 6 heteroatoms. The summed E-state index contributed by atoms with van der Waals surface area (Å²) in [7, 11) is 0. The number of nitrogens with two attached hydrogens (primary N) is 1. The third-order valence-electron chi connectivity index (χ3n) is 1.11. The number of hydrogen-bond acceptors (Lipinski definition) is 4. The standard InChI is InChI=1S/C5H6N4O2/c6-4(9-11)3-1-2-7-8-5(3)10/h1-2,11H,(H2,6,9)(H,8,10). The van der Waals surface area contributed by atoms with Crippen LogP contribution in [0.1, 0.15) is 5.56 Å². The summed E-state index contributed by atoms with van der Waals surface area (Å²) in [5, 5.41) is 16.4. The number of H-pyrrole nitrogens is 1. The van der Waals surface area contributed by atoms with Gasteiger partial charge in [0.2, 0.25) is 0 Å². The molecule has 4 N–H and O–H groups in total. The van der Waals surface area contributed by atoms with Crippen LogP contribution in [0.2, 0.25) is 0 Å². The van der Waals surface area contributed by atoms with Crippen LogP contribution >= 0.6 is 0 Å². The van der Waals surface area contributed by atoms with Crippen molar-refractivity contribution in [3.63, 3.8) is 0 Å². The molecule has 0 aliphatic carbocycles. The topological polar surface area (TPSA) is 104 Å². The van der Waals surface area contributed by atoms with Crippen LogP contribution in [0, 0.1) is 0 Å². The predicted molar refractivity (Wildman–Crippen MR) is 37.4 cm³/mol. The Bertz CT molecular complexity index is 329. The highest BCUT2D eigenvalue weighted by molar-refractivity contribution is 5.96. The summed E-state index contributed by atoms with van der Waals surface area (Å²) in [5.74, 6) is -0.228. The molecule has 0 amide bonds. The van der Waals surface area contributed by atoms with Gasteiger partial charge < -0.3 is 10.9 Å². The second-order valence-electron chi connectivity index (χ2n) is 1.78. The molecule has 58 valence electrons. The fourth-order valence-electron chi connectivity index (χ4n) is 0.599. The van der Waals surface area contributed by atoms with Crippen molar-refractivity contribution < 1.29 is 5.21 Å². The monoisotopic (exact) mass is 154 g/mol. The van der Waals surface area contributed by atoms with Crippen molar-refractivity contribution in [3.8, 4) is 0 Å². The lowest BCUT2D eigenvalue weighted by Gasteiger charge is -1.93. The maximum absolute atomic E-state index is 10.8. The third kappa shape index (κ3) is 1.34. The average molecular weight is 154 g/mol. The summed E-state index contributed by atoms with van der Waals surface area (Å²) in [4.78, 5) is 10.8. The molecule has 0 aromatic carbocycles. The maximum atomic E-state index is 10.8. The normalized spacial score (nSPS) is 11.5. The lowest BCUT2D eigenvalue weighted by molar-refractivity contribution is 0.318. The molecule has 11 heavy (non-hydrogen) atoms. The van der Waals surface area contributed by atoms with Crippen molar-refractivity contribution in [1.29, 1.82) is 0 Å². The van der Waals surface area contributed by atoms with Gasteiger partial charge in [-0.15, -0.1) is 0 Å². The molecule has 1 rings (SSSR count). The molecule has 0 unspecified atom stereocenters. The van der Waals surface area contributed by atoms with E-state index < -0.39 is 5.56 Å².